The molecule has 0 saturated heterocycles. The van der Waals surface area contributed by atoms with E-state index in [-0.39, 0.29) is 23.4 Å². The minimum absolute atomic E-state index is 0.0301. The van der Waals surface area contributed by atoms with E-state index in [9.17, 15) is 18.0 Å². The number of rotatable bonds is 5. The molecule has 8 heteroatoms. The van der Waals surface area contributed by atoms with Gasteiger partial charge in [0.05, 0.1) is 5.69 Å². The molecule has 1 aromatic carbocycles. The first-order valence-corrected chi connectivity index (χ1v) is 6.96. The Morgan fingerprint density at radius 1 is 1.22 bits per heavy atom. The van der Waals surface area contributed by atoms with Gasteiger partial charge in [-0.3, -0.25) is 4.79 Å². The van der Waals surface area contributed by atoms with Crippen molar-refractivity contribution in [2.75, 3.05) is 5.32 Å². The van der Waals surface area contributed by atoms with Gasteiger partial charge in [0.2, 0.25) is 5.95 Å². The van der Waals surface area contributed by atoms with Crippen molar-refractivity contribution in [3.05, 3.63) is 47.5 Å². The minimum atomic E-state index is -1.60. The van der Waals surface area contributed by atoms with Crippen LogP contribution in [0.1, 0.15) is 30.8 Å². The first-order chi connectivity index (χ1) is 10.9. The molecule has 2 N–H and O–H groups in total. The molecular formula is C15H15F3N4O. The lowest BCUT2D eigenvalue weighted by Crippen LogP contribution is -2.32. The molecule has 1 amide bonds. The number of carbonyl (C=O) groups excluding carboxylic acids is 1. The fourth-order valence-corrected chi connectivity index (χ4v) is 1.69. The molecule has 0 aliphatic rings. The predicted molar refractivity (Wildman–Crippen MR) is 78.8 cm³/mol. The van der Waals surface area contributed by atoms with Crippen molar-refractivity contribution in [1.29, 1.82) is 0 Å². The van der Waals surface area contributed by atoms with E-state index in [1.165, 1.54) is 12.3 Å². The highest BCUT2D eigenvalue weighted by atomic mass is 19.2. The monoisotopic (exact) mass is 324 g/mol. The standard InChI is InChI=1S/C15H15F3N4O/c1-3-8(2)20-14(23)11-6-7-19-15(22-11)21-10-5-4-9(16)12(17)13(10)18/h4-8H,3H2,1-2H3,(H,20,23)(H,19,21,22). The zero-order chi connectivity index (χ0) is 17.0. The highest BCUT2D eigenvalue weighted by Crippen LogP contribution is 2.21. The number of carbonyl (C=O) groups is 1. The number of anilines is 2. The normalized spacial score (nSPS) is 11.9. The lowest BCUT2D eigenvalue weighted by atomic mass is 10.2. The van der Waals surface area contributed by atoms with Crippen molar-refractivity contribution < 1.29 is 18.0 Å². The minimum Gasteiger partial charge on any atom is -0.348 e. The van der Waals surface area contributed by atoms with Crippen LogP contribution < -0.4 is 10.6 Å². The second-order valence-corrected chi connectivity index (χ2v) is 4.90. The number of hydrogen-bond acceptors (Lipinski definition) is 4. The molecule has 1 heterocycles. The number of nitrogens with one attached hydrogen (secondary N) is 2. The summed E-state index contributed by atoms with van der Waals surface area (Å²) in [7, 11) is 0. The second kappa shape index (κ2) is 7.08. The summed E-state index contributed by atoms with van der Waals surface area (Å²) in [6.45, 7) is 3.76. The molecule has 1 atom stereocenters. The average molecular weight is 324 g/mol. The Morgan fingerprint density at radius 3 is 2.65 bits per heavy atom. The molecule has 2 aromatic rings. The van der Waals surface area contributed by atoms with Crippen molar-refractivity contribution in [2.45, 2.75) is 26.3 Å². The molecule has 1 unspecified atom stereocenters. The van der Waals surface area contributed by atoms with Gasteiger partial charge in [-0.1, -0.05) is 6.92 Å². The van der Waals surface area contributed by atoms with Gasteiger partial charge in [-0.05, 0) is 31.5 Å². The van der Waals surface area contributed by atoms with Crippen LogP contribution in [0.25, 0.3) is 0 Å². The summed E-state index contributed by atoms with van der Waals surface area (Å²) < 4.78 is 39.7. The fourth-order valence-electron chi connectivity index (χ4n) is 1.69. The molecule has 122 valence electrons. The zero-order valence-electron chi connectivity index (χ0n) is 12.5. The van der Waals surface area contributed by atoms with Crippen LogP contribution in [0.4, 0.5) is 24.8 Å². The van der Waals surface area contributed by atoms with Crippen LogP contribution in [0, 0.1) is 17.5 Å². The number of amides is 1. The predicted octanol–water partition coefficient (Wildman–Crippen LogP) is 3.17. The lowest BCUT2D eigenvalue weighted by molar-refractivity contribution is 0.0934. The van der Waals surface area contributed by atoms with E-state index in [4.69, 9.17) is 0 Å². The SMILES string of the molecule is CCC(C)NC(=O)c1ccnc(Nc2ccc(F)c(F)c2F)n1. The molecule has 0 saturated carbocycles. The van der Waals surface area contributed by atoms with Crippen molar-refractivity contribution in [2.24, 2.45) is 0 Å². The number of hydrogen-bond donors (Lipinski definition) is 2. The quantitative estimate of drug-likeness (QED) is 0.829. The van der Waals surface area contributed by atoms with Crippen LogP contribution in [0.2, 0.25) is 0 Å². The molecule has 0 fully saturated rings. The van der Waals surface area contributed by atoms with Gasteiger partial charge < -0.3 is 10.6 Å². The van der Waals surface area contributed by atoms with E-state index in [0.717, 1.165) is 18.6 Å². The molecule has 23 heavy (non-hydrogen) atoms. The van der Waals surface area contributed by atoms with Crippen molar-refractivity contribution in [3.63, 3.8) is 0 Å². The summed E-state index contributed by atoms with van der Waals surface area (Å²) in [5.74, 6) is -4.79. The summed E-state index contributed by atoms with van der Waals surface area (Å²) in [6, 6.07) is 3.16. The summed E-state index contributed by atoms with van der Waals surface area (Å²) in [6.07, 6.45) is 2.06. The van der Waals surface area contributed by atoms with Gasteiger partial charge in [0.1, 0.15) is 5.69 Å². The van der Waals surface area contributed by atoms with Crippen molar-refractivity contribution in [1.82, 2.24) is 15.3 Å². The Hall–Kier alpha value is -2.64. The Bertz CT molecular complexity index is 724. The lowest BCUT2D eigenvalue weighted by Gasteiger charge is -2.11. The van der Waals surface area contributed by atoms with Crippen LogP contribution in [0.15, 0.2) is 24.4 Å². The molecule has 0 aliphatic heterocycles. The molecule has 0 aliphatic carbocycles. The van der Waals surface area contributed by atoms with E-state index in [1.807, 2.05) is 13.8 Å². The summed E-state index contributed by atoms with van der Waals surface area (Å²) in [5.41, 5.74) is -0.255. The molecule has 2 rings (SSSR count). The number of halogens is 3. The third kappa shape index (κ3) is 3.97. The molecule has 0 spiro atoms. The maximum Gasteiger partial charge on any atom is 0.270 e. The van der Waals surface area contributed by atoms with Gasteiger partial charge in [0.15, 0.2) is 17.5 Å². The first-order valence-electron chi connectivity index (χ1n) is 6.96. The molecule has 1 aromatic heterocycles. The van der Waals surface area contributed by atoms with Crippen LogP contribution in [0.5, 0.6) is 0 Å². The van der Waals surface area contributed by atoms with Crippen molar-refractivity contribution in [3.8, 4) is 0 Å². The maximum absolute atomic E-state index is 13.6. The van der Waals surface area contributed by atoms with Crippen LogP contribution >= 0.6 is 0 Å². The smallest absolute Gasteiger partial charge is 0.270 e. The Balaban J connectivity index is 2.21. The summed E-state index contributed by atoms with van der Waals surface area (Å²) >= 11 is 0. The van der Waals surface area contributed by atoms with E-state index >= 15 is 0 Å². The molecular weight excluding hydrogens is 309 g/mol. The van der Waals surface area contributed by atoms with Gasteiger partial charge >= 0.3 is 0 Å². The number of benzene rings is 1. The summed E-state index contributed by atoms with van der Waals surface area (Å²) in [4.78, 5) is 19.7. The van der Waals surface area contributed by atoms with Gasteiger partial charge in [-0.2, -0.15) is 0 Å². The maximum atomic E-state index is 13.6. The third-order valence-corrected chi connectivity index (χ3v) is 3.16. The van der Waals surface area contributed by atoms with Crippen LogP contribution in [-0.4, -0.2) is 21.9 Å². The average Bonchev–Trinajstić information content (AvgIpc) is 2.55. The highest BCUT2D eigenvalue weighted by molar-refractivity contribution is 5.92. The largest absolute Gasteiger partial charge is 0.348 e. The van der Waals surface area contributed by atoms with E-state index < -0.39 is 23.4 Å². The summed E-state index contributed by atoms with van der Waals surface area (Å²) in [5, 5.41) is 5.14. The highest BCUT2D eigenvalue weighted by Gasteiger charge is 2.15. The number of aromatic nitrogens is 2. The first kappa shape index (κ1) is 16.7. The molecule has 0 radical (unpaired) electrons. The van der Waals surface area contributed by atoms with Gasteiger partial charge in [-0.25, -0.2) is 23.1 Å². The third-order valence-electron chi connectivity index (χ3n) is 3.16. The Morgan fingerprint density at radius 2 is 1.96 bits per heavy atom. The topological polar surface area (TPSA) is 66.9 Å². The van der Waals surface area contributed by atoms with E-state index in [2.05, 4.69) is 20.6 Å². The second-order valence-electron chi connectivity index (χ2n) is 4.90. The molecule has 0 bridgehead atoms. The van der Waals surface area contributed by atoms with Gasteiger partial charge in [-0.15, -0.1) is 0 Å². The number of nitrogens with zero attached hydrogens (tertiary/aromatic N) is 2. The Kier molecular flexibility index (Phi) is 5.15. The van der Waals surface area contributed by atoms with E-state index in [1.54, 1.807) is 0 Å². The van der Waals surface area contributed by atoms with Crippen LogP contribution in [-0.2, 0) is 0 Å². The van der Waals surface area contributed by atoms with Gasteiger partial charge in [0, 0.05) is 12.2 Å². The zero-order valence-corrected chi connectivity index (χ0v) is 12.5. The molecule has 5 nitrogen and oxygen atoms in total. The Labute approximate surface area is 131 Å². The fraction of sp³-hybridized carbons (Fsp3) is 0.267. The van der Waals surface area contributed by atoms with E-state index in [0.29, 0.717) is 0 Å². The van der Waals surface area contributed by atoms with Crippen LogP contribution in [0.3, 0.4) is 0 Å². The van der Waals surface area contributed by atoms with Gasteiger partial charge in [0.25, 0.3) is 5.91 Å². The van der Waals surface area contributed by atoms with Crippen molar-refractivity contribution >= 4 is 17.5 Å².